The Kier molecular flexibility index (Phi) is 4.81. The van der Waals surface area contributed by atoms with Gasteiger partial charge < -0.3 is 18.0 Å². The van der Waals surface area contributed by atoms with Crippen LogP contribution in [-0.2, 0) is 0 Å². The zero-order valence-electron chi connectivity index (χ0n) is 3.16. The number of halogens is 3. The monoisotopic (exact) mass is 108 g/mol. The first-order valence-corrected chi connectivity index (χ1v) is 0.913. The Morgan fingerprint density at radius 2 is 1.17 bits per heavy atom. The van der Waals surface area contributed by atoms with Crippen molar-refractivity contribution in [1.29, 1.82) is 0 Å². The fourth-order valence-corrected chi connectivity index (χ4v) is 0. The minimum Gasteiger partial charge on any atom is -0.523 e. The van der Waals surface area contributed by atoms with Crippen molar-refractivity contribution in [3.63, 3.8) is 0 Å². The van der Waals surface area contributed by atoms with Crippen molar-refractivity contribution >= 4 is 7.18 Å². The molecule has 0 aliphatic carbocycles. The topological polar surface area (TPSA) is 20.2 Å². The molecule has 0 atom stereocenters. The van der Waals surface area contributed by atoms with Gasteiger partial charge in [0.05, 0.1) is 0 Å². The molecule has 1 N–H and O–H groups in total. The summed E-state index contributed by atoms with van der Waals surface area (Å²) in [5, 5.41) is 6.58. The Morgan fingerprint density at radius 3 is 1.17 bits per heavy atom. The molecule has 0 radical (unpaired) electrons. The molecule has 0 aliphatic heterocycles. The molecule has 0 aromatic heterocycles. The molecule has 0 fully saturated rings. The molecule has 32 valence electrons. The molecule has 0 heterocycles. The van der Waals surface area contributed by atoms with Gasteiger partial charge in [-0.2, -0.15) is 0 Å². The fourth-order valence-electron chi connectivity index (χ4n) is 0. The zero-order valence-corrected chi connectivity index (χ0v) is 5.16. The Morgan fingerprint density at radius 1 is 1.17 bits per heavy atom. The van der Waals surface area contributed by atoms with E-state index in [0.717, 1.165) is 0 Å². The molecule has 6 heavy (non-hydrogen) atoms. The van der Waals surface area contributed by atoms with Crippen LogP contribution in [0.1, 0.15) is 0 Å². The van der Waals surface area contributed by atoms with Gasteiger partial charge in [0, 0.05) is 0 Å². The zero-order chi connectivity index (χ0) is 4.50. The van der Waals surface area contributed by atoms with E-state index in [-0.39, 0.29) is 29.6 Å². The van der Waals surface area contributed by atoms with Crippen LogP contribution in [0.25, 0.3) is 0 Å². The van der Waals surface area contributed by atoms with Gasteiger partial charge in [-0.05, 0) is 0 Å². The third kappa shape index (κ3) is 106. The molecule has 0 aromatic rings. The van der Waals surface area contributed by atoms with Gasteiger partial charge in [-0.3, -0.25) is 0 Å². The van der Waals surface area contributed by atoms with Gasteiger partial charge in [0.2, 0.25) is 0 Å². The van der Waals surface area contributed by atoms with Crippen LogP contribution in [0.5, 0.6) is 0 Å². The van der Waals surface area contributed by atoms with Crippen molar-refractivity contribution in [2.45, 2.75) is 0 Å². The van der Waals surface area contributed by atoms with Crippen LogP contribution < -0.4 is 29.6 Å². The molecule has 0 rings (SSSR count). The summed E-state index contributed by atoms with van der Waals surface area (Å²) in [7, 11) is -5.50. The second kappa shape index (κ2) is 2.90. The minimum atomic E-state index is -5.50. The van der Waals surface area contributed by atoms with Crippen molar-refractivity contribution in [3.8, 4) is 0 Å². The predicted octanol–water partition coefficient (Wildman–Crippen LogP) is -2.67. The normalized spacial score (nSPS) is 10.0. The van der Waals surface area contributed by atoms with E-state index in [9.17, 15) is 12.9 Å². The third-order valence-corrected chi connectivity index (χ3v) is 0. The summed E-state index contributed by atoms with van der Waals surface area (Å²) in [5.41, 5.74) is 0. The van der Waals surface area contributed by atoms with Gasteiger partial charge in [0.15, 0.2) is 0 Å². The molecule has 0 aromatic carbocycles. The van der Waals surface area contributed by atoms with E-state index in [2.05, 4.69) is 0 Å². The average Bonchev–Trinajstić information content (AvgIpc) is 0.722. The summed E-state index contributed by atoms with van der Waals surface area (Å²) in [4.78, 5) is 0. The minimum absolute atomic E-state index is 0. The predicted molar refractivity (Wildman–Crippen MR) is 11.3 cm³/mol. The molecule has 0 unspecified atom stereocenters. The van der Waals surface area contributed by atoms with Crippen molar-refractivity contribution in [3.05, 3.63) is 0 Å². The van der Waals surface area contributed by atoms with Crippen LogP contribution in [0.3, 0.4) is 0 Å². The Hall–Kier alpha value is 0.815. The average molecular weight is 108 g/mol. The first-order chi connectivity index (χ1) is 2.00. The third-order valence-electron chi connectivity index (χ3n) is 0. The van der Waals surface area contributed by atoms with Crippen LogP contribution in [-0.4, -0.2) is 12.2 Å². The second-order valence-corrected chi connectivity index (χ2v) is 0.540. The largest absolute Gasteiger partial charge is 1.00 e. The van der Waals surface area contributed by atoms with Crippen molar-refractivity contribution in [1.82, 2.24) is 0 Å². The van der Waals surface area contributed by atoms with E-state index >= 15 is 0 Å². The molecule has 0 aliphatic rings. The van der Waals surface area contributed by atoms with Crippen molar-refractivity contribution in [2.75, 3.05) is 0 Å². The van der Waals surface area contributed by atoms with Gasteiger partial charge in [-0.25, -0.2) is 0 Å². The molecule has 0 saturated heterocycles. The number of hydrogen-bond donors (Lipinski definition) is 1. The SMILES string of the molecule is O[B-](F)(F)F.[Na+]. The van der Waals surface area contributed by atoms with Gasteiger partial charge in [-0.15, -0.1) is 0 Å². The molecule has 0 bridgehead atoms. The molecular formula is HBF3NaO. The quantitative estimate of drug-likeness (QED) is 0.335. The standard InChI is InChI=1S/BF3HO.Na/c2-1(3,4)5;/h5H;/q-1;+1. The van der Waals surface area contributed by atoms with Gasteiger partial charge in [0.1, 0.15) is 0 Å². The molecule has 6 heteroatoms. The molecular weight excluding hydrogens is 107 g/mol. The summed E-state index contributed by atoms with van der Waals surface area (Å²) in [5.74, 6) is 0. The van der Waals surface area contributed by atoms with E-state index in [1.165, 1.54) is 0 Å². The second-order valence-electron chi connectivity index (χ2n) is 0.540. The van der Waals surface area contributed by atoms with E-state index < -0.39 is 7.18 Å². The summed E-state index contributed by atoms with van der Waals surface area (Å²) in [6.45, 7) is 0. The van der Waals surface area contributed by atoms with E-state index in [1.54, 1.807) is 0 Å². The first kappa shape index (κ1) is 9.94. The van der Waals surface area contributed by atoms with Crippen molar-refractivity contribution in [2.24, 2.45) is 0 Å². The maximum atomic E-state index is 9.97. The van der Waals surface area contributed by atoms with Gasteiger partial charge in [-0.1, -0.05) is 0 Å². The Bertz CT molecular complexity index is 26.3. The smallest absolute Gasteiger partial charge is 0.523 e. The number of rotatable bonds is 0. The molecule has 0 spiro atoms. The first-order valence-electron chi connectivity index (χ1n) is 0.913. The van der Waals surface area contributed by atoms with Gasteiger partial charge in [0.25, 0.3) is 0 Å². The van der Waals surface area contributed by atoms with Crippen LogP contribution in [0.15, 0.2) is 0 Å². The van der Waals surface area contributed by atoms with Crippen LogP contribution in [0.4, 0.5) is 12.9 Å². The van der Waals surface area contributed by atoms with E-state index in [4.69, 9.17) is 5.02 Å². The van der Waals surface area contributed by atoms with E-state index in [1.807, 2.05) is 0 Å². The molecule has 0 saturated carbocycles. The Labute approximate surface area is 54.9 Å². The fraction of sp³-hybridized carbons (Fsp3) is 0. The maximum Gasteiger partial charge on any atom is 1.00 e. The van der Waals surface area contributed by atoms with Crippen LogP contribution in [0, 0.1) is 0 Å². The maximum absolute atomic E-state index is 9.97. The summed E-state index contributed by atoms with van der Waals surface area (Å²) in [6.07, 6.45) is 0. The summed E-state index contributed by atoms with van der Waals surface area (Å²) in [6, 6.07) is 0. The van der Waals surface area contributed by atoms with Crippen LogP contribution in [0.2, 0.25) is 0 Å². The summed E-state index contributed by atoms with van der Waals surface area (Å²) >= 11 is 0. The molecule has 1 nitrogen and oxygen atoms in total. The van der Waals surface area contributed by atoms with Gasteiger partial charge >= 0.3 is 36.7 Å². The van der Waals surface area contributed by atoms with E-state index in [0.29, 0.717) is 0 Å². The summed E-state index contributed by atoms with van der Waals surface area (Å²) < 4.78 is 29.9. The molecule has 0 amide bonds. The van der Waals surface area contributed by atoms with Crippen LogP contribution >= 0.6 is 0 Å². The Balaban J connectivity index is 0. The number of hydrogen-bond acceptors (Lipinski definition) is 1. The van der Waals surface area contributed by atoms with Crippen molar-refractivity contribution < 1.29 is 47.5 Å².